The summed E-state index contributed by atoms with van der Waals surface area (Å²) < 4.78 is 0. The van der Waals surface area contributed by atoms with E-state index in [-0.39, 0.29) is 17.3 Å². The summed E-state index contributed by atoms with van der Waals surface area (Å²) in [7, 11) is 0. The quantitative estimate of drug-likeness (QED) is 0.700. The van der Waals surface area contributed by atoms with Gasteiger partial charge >= 0.3 is 12.0 Å². The molecule has 5 heteroatoms. The van der Waals surface area contributed by atoms with Crippen LogP contribution in [0.15, 0.2) is 36.9 Å². The number of urea groups is 1. The van der Waals surface area contributed by atoms with Crippen molar-refractivity contribution in [1.82, 2.24) is 5.32 Å². The fourth-order valence-electron chi connectivity index (χ4n) is 1.47. The number of carboxylic acid groups (broad SMARTS) is 1. The number of anilines is 1. The second kappa shape index (κ2) is 6.44. The van der Waals surface area contributed by atoms with E-state index in [9.17, 15) is 9.59 Å². The van der Waals surface area contributed by atoms with Crippen molar-refractivity contribution in [1.29, 1.82) is 0 Å². The van der Waals surface area contributed by atoms with Crippen LogP contribution in [0.5, 0.6) is 0 Å². The molecule has 5 nitrogen and oxygen atoms in total. The molecule has 0 aliphatic carbocycles. The molecule has 2 amide bonds. The molecule has 1 aromatic carbocycles. The third-order valence-corrected chi connectivity index (χ3v) is 2.30. The molecule has 3 N–H and O–H groups in total. The van der Waals surface area contributed by atoms with E-state index in [1.807, 2.05) is 6.92 Å². The lowest BCUT2D eigenvalue weighted by molar-refractivity contribution is 0.0698. The number of nitrogens with one attached hydrogen (secondary N) is 2. The molecule has 0 heterocycles. The Labute approximate surface area is 106 Å². The number of carboxylic acids is 1. The van der Waals surface area contributed by atoms with E-state index in [1.165, 1.54) is 6.07 Å². The summed E-state index contributed by atoms with van der Waals surface area (Å²) >= 11 is 0. The normalized spacial score (nSPS) is 11.4. The summed E-state index contributed by atoms with van der Waals surface area (Å²) in [6.45, 7) is 5.42. The Kier molecular flexibility index (Phi) is 4.92. The summed E-state index contributed by atoms with van der Waals surface area (Å²) in [5.41, 5.74) is 0.331. The van der Waals surface area contributed by atoms with Crippen LogP contribution in [0.3, 0.4) is 0 Å². The second-order valence-electron chi connectivity index (χ2n) is 3.87. The number of hydrogen-bond acceptors (Lipinski definition) is 2. The van der Waals surface area contributed by atoms with Gasteiger partial charge in [-0.2, -0.15) is 0 Å². The molecular weight excluding hydrogens is 232 g/mol. The van der Waals surface area contributed by atoms with Crippen molar-refractivity contribution in [2.45, 2.75) is 19.4 Å². The van der Waals surface area contributed by atoms with Gasteiger partial charge in [0.05, 0.1) is 11.3 Å². The summed E-state index contributed by atoms with van der Waals surface area (Å²) in [4.78, 5) is 22.6. The zero-order chi connectivity index (χ0) is 13.5. The van der Waals surface area contributed by atoms with E-state index in [2.05, 4.69) is 17.2 Å². The molecule has 0 radical (unpaired) electrons. The van der Waals surface area contributed by atoms with Crippen molar-refractivity contribution in [3.8, 4) is 0 Å². The molecule has 0 aliphatic rings. The fraction of sp³-hybridized carbons (Fsp3) is 0.231. The number of benzene rings is 1. The van der Waals surface area contributed by atoms with Gasteiger partial charge in [-0.15, -0.1) is 6.58 Å². The van der Waals surface area contributed by atoms with E-state index in [1.54, 1.807) is 24.3 Å². The molecule has 0 aromatic heterocycles. The smallest absolute Gasteiger partial charge is 0.337 e. The van der Waals surface area contributed by atoms with Crippen LogP contribution in [0.1, 0.15) is 23.7 Å². The van der Waals surface area contributed by atoms with Crippen LogP contribution in [-0.4, -0.2) is 23.1 Å². The maximum atomic E-state index is 11.6. The van der Waals surface area contributed by atoms with Crippen LogP contribution in [0.4, 0.5) is 10.5 Å². The molecule has 0 saturated heterocycles. The average Bonchev–Trinajstić information content (AvgIpc) is 2.29. The maximum absolute atomic E-state index is 11.6. The van der Waals surface area contributed by atoms with E-state index < -0.39 is 12.0 Å². The molecule has 96 valence electrons. The number of aromatic carboxylic acids is 1. The maximum Gasteiger partial charge on any atom is 0.337 e. The third kappa shape index (κ3) is 3.93. The highest BCUT2D eigenvalue weighted by molar-refractivity contribution is 5.99. The van der Waals surface area contributed by atoms with Gasteiger partial charge < -0.3 is 15.7 Å². The first-order valence-corrected chi connectivity index (χ1v) is 5.55. The number of amides is 2. The Morgan fingerprint density at radius 1 is 1.44 bits per heavy atom. The van der Waals surface area contributed by atoms with Gasteiger partial charge in [-0.25, -0.2) is 9.59 Å². The van der Waals surface area contributed by atoms with E-state index in [0.717, 1.165) is 0 Å². The van der Waals surface area contributed by atoms with Gasteiger partial charge in [0.25, 0.3) is 0 Å². The molecule has 0 spiro atoms. The van der Waals surface area contributed by atoms with Crippen molar-refractivity contribution >= 4 is 17.7 Å². The zero-order valence-corrected chi connectivity index (χ0v) is 10.1. The second-order valence-corrected chi connectivity index (χ2v) is 3.87. The Hall–Kier alpha value is -2.30. The standard InChI is InChI=1S/C13H16N2O3/c1-3-6-9(2)14-13(18)15-11-8-5-4-7-10(11)12(16)17/h3-5,7-9H,1,6H2,2H3,(H,16,17)(H2,14,15,18). The van der Waals surface area contributed by atoms with Crippen LogP contribution in [-0.2, 0) is 0 Å². The highest BCUT2D eigenvalue weighted by atomic mass is 16.4. The number of para-hydroxylation sites is 1. The van der Waals surface area contributed by atoms with Gasteiger partial charge in [0, 0.05) is 6.04 Å². The van der Waals surface area contributed by atoms with E-state index in [4.69, 9.17) is 5.11 Å². The predicted octanol–water partition coefficient (Wildman–Crippen LogP) is 2.47. The first-order chi connectivity index (χ1) is 8.54. The van der Waals surface area contributed by atoms with Gasteiger partial charge in [0.2, 0.25) is 0 Å². The molecule has 1 unspecified atom stereocenters. The molecule has 0 fully saturated rings. The number of carbonyl (C=O) groups excluding carboxylic acids is 1. The third-order valence-electron chi connectivity index (χ3n) is 2.30. The largest absolute Gasteiger partial charge is 0.478 e. The monoisotopic (exact) mass is 248 g/mol. The van der Waals surface area contributed by atoms with Gasteiger partial charge in [-0.1, -0.05) is 18.2 Å². The zero-order valence-electron chi connectivity index (χ0n) is 10.1. The topological polar surface area (TPSA) is 78.4 Å². The highest BCUT2D eigenvalue weighted by Crippen LogP contribution is 2.14. The molecule has 1 atom stereocenters. The molecule has 18 heavy (non-hydrogen) atoms. The molecule has 0 bridgehead atoms. The lowest BCUT2D eigenvalue weighted by Crippen LogP contribution is -2.36. The van der Waals surface area contributed by atoms with Crippen LogP contribution in [0, 0.1) is 0 Å². The molecule has 0 saturated carbocycles. The minimum absolute atomic E-state index is 0.0560. The first kappa shape index (κ1) is 13.8. The van der Waals surface area contributed by atoms with Crippen molar-refractivity contribution < 1.29 is 14.7 Å². The van der Waals surface area contributed by atoms with Gasteiger partial charge in [-0.05, 0) is 25.5 Å². The van der Waals surface area contributed by atoms with Crippen LogP contribution in [0.2, 0.25) is 0 Å². The molecule has 1 aromatic rings. The Bertz CT molecular complexity index is 457. The number of carbonyl (C=O) groups is 2. The number of rotatable bonds is 5. The Morgan fingerprint density at radius 2 is 2.11 bits per heavy atom. The van der Waals surface area contributed by atoms with Gasteiger partial charge in [-0.3, -0.25) is 0 Å². The lowest BCUT2D eigenvalue weighted by Gasteiger charge is -2.13. The van der Waals surface area contributed by atoms with Crippen LogP contribution >= 0.6 is 0 Å². The van der Waals surface area contributed by atoms with Crippen molar-refractivity contribution in [2.24, 2.45) is 0 Å². The van der Waals surface area contributed by atoms with Crippen molar-refractivity contribution in [3.63, 3.8) is 0 Å². The SMILES string of the molecule is C=CCC(C)NC(=O)Nc1ccccc1C(=O)O. The van der Waals surface area contributed by atoms with Crippen LogP contribution in [0.25, 0.3) is 0 Å². The summed E-state index contributed by atoms with van der Waals surface area (Å²) in [5.74, 6) is -1.08. The Balaban J connectivity index is 2.70. The van der Waals surface area contributed by atoms with Crippen LogP contribution < -0.4 is 10.6 Å². The first-order valence-electron chi connectivity index (χ1n) is 5.55. The highest BCUT2D eigenvalue weighted by Gasteiger charge is 2.12. The summed E-state index contributed by atoms with van der Waals surface area (Å²) in [6, 6.07) is 5.76. The minimum Gasteiger partial charge on any atom is -0.478 e. The number of hydrogen-bond donors (Lipinski definition) is 3. The summed E-state index contributed by atoms with van der Waals surface area (Å²) in [5, 5.41) is 14.2. The average molecular weight is 248 g/mol. The predicted molar refractivity (Wildman–Crippen MR) is 69.8 cm³/mol. The van der Waals surface area contributed by atoms with Crippen molar-refractivity contribution in [2.75, 3.05) is 5.32 Å². The van der Waals surface area contributed by atoms with Gasteiger partial charge in [0.15, 0.2) is 0 Å². The fourth-order valence-corrected chi connectivity index (χ4v) is 1.47. The van der Waals surface area contributed by atoms with Gasteiger partial charge in [0.1, 0.15) is 0 Å². The van der Waals surface area contributed by atoms with Crippen molar-refractivity contribution in [3.05, 3.63) is 42.5 Å². The lowest BCUT2D eigenvalue weighted by atomic mass is 10.2. The Morgan fingerprint density at radius 3 is 2.72 bits per heavy atom. The molecular formula is C13H16N2O3. The minimum atomic E-state index is -1.08. The molecule has 0 aliphatic heterocycles. The van der Waals surface area contributed by atoms with E-state index in [0.29, 0.717) is 6.42 Å². The van der Waals surface area contributed by atoms with E-state index >= 15 is 0 Å². The summed E-state index contributed by atoms with van der Waals surface area (Å²) in [6.07, 6.45) is 2.35. The molecule has 1 rings (SSSR count).